The van der Waals surface area contributed by atoms with Crippen molar-refractivity contribution in [1.29, 1.82) is 0 Å². The third kappa shape index (κ3) is 1.77. The van der Waals surface area contributed by atoms with Crippen LogP contribution in [0.25, 0.3) is 0 Å². The molecule has 0 aromatic rings. The molecule has 2 heteroatoms. The van der Waals surface area contributed by atoms with Gasteiger partial charge in [0.25, 0.3) is 0 Å². The van der Waals surface area contributed by atoms with E-state index in [4.69, 9.17) is 0 Å². The van der Waals surface area contributed by atoms with Gasteiger partial charge in [-0.3, -0.25) is 0 Å². The maximum atomic E-state index is 3.89. The maximum Gasteiger partial charge on any atom is 0.0760 e. The van der Waals surface area contributed by atoms with Gasteiger partial charge >= 0.3 is 0 Å². The Hall–Kier alpha value is -0.890. The third-order valence-electron chi connectivity index (χ3n) is 1.39. The molecule has 1 aliphatic heterocycles. The van der Waals surface area contributed by atoms with Crippen molar-refractivity contribution < 1.29 is 0 Å². The van der Waals surface area contributed by atoms with E-state index in [1.165, 1.54) is 5.70 Å². The number of nitrogens with zero attached hydrogens (tertiary/aromatic N) is 1. The summed E-state index contributed by atoms with van der Waals surface area (Å²) in [6, 6.07) is 0. The Balaban J connectivity index is 2.70. The van der Waals surface area contributed by atoms with Crippen molar-refractivity contribution in [2.75, 3.05) is 0 Å². The van der Waals surface area contributed by atoms with Crippen LogP contribution in [0, 0.1) is 0 Å². The molecule has 1 aliphatic rings. The first-order valence-corrected chi connectivity index (χ1v) is 4.24. The number of rotatable bonds is 2. The third-order valence-corrected chi connectivity index (χ3v) is 2.31. The molecular weight excluding hydrogens is 154 g/mol. The molecule has 0 spiro atoms. The highest BCUT2D eigenvalue weighted by Gasteiger charge is 2.11. The van der Waals surface area contributed by atoms with Crippen LogP contribution in [-0.2, 0) is 0 Å². The van der Waals surface area contributed by atoms with E-state index < -0.39 is 0 Å². The summed E-state index contributed by atoms with van der Waals surface area (Å²) in [5.74, 6) is 0. The summed E-state index contributed by atoms with van der Waals surface area (Å²) in [7, 11) is 0. The lowest BCUT2D eigenvalue weighted by Gasteiger charge is -2.14. The van der Waals surface area contributed by atoms with Gasteiger partial charge < -0.3 is 4.90 Å². The molecule has 0 atom stereocenters. The number of thioether (sulfide) groups is 1. The second-order valence-electron chi connectivity index (χ2n) is 2.22. The largest absolute Gasteiger partial charge is 0.315 e. The highest BCUT2D eigenvalue weighted by atomic mass is 32.2. The van der Waals surface area contributed by atoms with Crippen LogP contribution in [0.2, 0.25) is 0 Å². The summed E-state index contributed by atoms with van der Waals surface area (Å²) in [5, 5.41) is 3.12. The molecule has 0 saturated heterocycles. The summed E-state index contributed by atoms with van der Waals surface area (Å²) in [6.07, 6.45) is 5.61. The second-order valence-corrected chi connectivity index (χ2v) is 3.16. The van der Waals surface area contributed by atoms with Gasteiger partial charge in [0.05, 0.1) is 5.03 Å². The van der Waals surface area contributed by atoms with Gasteiger partial charge in [-0.2, -0.15) is 0 Å². The van der Waals surface area contributed by atoms with Crippen LogP contribution < -0.4 is 0 Å². The van der Waals surface area contributed by atoms with Gasteiger partial charge in [-0.1, -0.05) is 31.0 Å². The Bertz CT molecular complexity index is 238. The Morgan fingerprint density at radius 2 is 2.36 bits per heavy atom. The Morgan fingerprint density at radius 1 is 1.64 bits per heavy atom. The summed E-state index contributed by atoms with van der Waals surface area (Å²) < 4.78 is 0. The van der Waals surface area contributed by atoms with Crippen molar-refractivity contribution in [2.24, 2.45) is 0 Å². The zero-order valence-corrected chi connectivity index (χ0v) is 7.40. The zero-order valence-electron chi connectivity index (χ0n) is 6.58. The number of hydrogen-bond acceptors (Lipinski definition) is 2. The Kier molecular flexibility index (Phi) is 2.60. The Morgan fingerprint density at radius 3 is 2.82 bits per heavy atom. The molecule has 0 radical (unpaired) electrons. The summed E-state index contributed by atoms with van der Waals surface area (Å²) in [4.78, 5) is 2.03. The van der Waals surface area contributed by atoms with Gasteiger partial charge in [-0.25, -0.2) is 0 Å². The fourth-order valence-electron chi connectivity index (χ4n) is 0.811. The molecule has 1 rings (SSSR count). The molecule has 0 fully saturated rings. The van der Waals surface area contributed by atoms with Crippen molar-refractivity contribution in [3.63, 3.8) is 0 Å². The molecule has 58 valence electrons. The van der Waals surface area contributed by atoms with Gasteiger partial charge in [0, 0.05) is 11.9 Å². The second kappa shape index (κ2) is 3.49. The van der Waals surface area contributed by atoms with E-state index in [1.807, 2.05) is 17.2 Å². The van der Waals surface area contributed by atoms with Crippen LogP contribution >= 0.6 is 11.8 Å². The van der Waals surface area contributed by atoms with Crippen LogP contribution in [0.4, 0.5) is 0 Å². The minimum absolute atomic E-state index is 1.04. The van der Waals surface area contributed by atoms with Crippen LogP contribution in [0.15, 0.2) is 47.6 Å². The monoisotopic (exact) mass is 165 g/mol. The van der Waals surface area contributed by atoms with E-state index in [1.54, 1.807) is 17.8 Å². The van der Waals surface area contributed by atoms with Gasteiger partial charge in [0.2, 0.25) is 0 Å². The summed E-state index contributed by atoms with van der Waals surface area (Å²) in [6.45, 7) is 9.55. The molecule has 0 aliphatic carbocycles. The summed E-state index contributed by atoms with van der Waals surface area (Å²) >= 11 is 1.65. The molecule has 0 bridgehead atoms. The zero-order chi connectivity index (χ0) is 8.27. The topological polar surface area (TPSA) is 3.24 Å². The van der Waals surface area contributed by atoms with Crippen molar-refractivity contribution in [1.82, 2.24) is 4.90 Å². The van der Waals surface area contributed by atoms with Crippen LogP contribution in [0.3, 0.4) is 0 Å². The fourth-order valence-corrected chi connectivity index (χ4v) is 1.55. The van der Waals surface area contributed by atoms with E-state index in [2.05, 4.69) is 25.5 Å². The number of hydrogen-bond donors (Lipinski definition) is 0. The van der Waals surface area contributed by atoms with Crippen molar-refractivity contribution in [3.05, 3.63) is 47.6 Å². The lowest BCUT2D eigenvalue weighted by molar-refractivity contribution is 0.629. The van der Waals surface area contributed by atoms with Crippen molar-refractivity contribution in [3.8, 4) is 0 Å². The smallest absolute Gasteiger partial charge is 0.0760 e. The van der Waals surface area contributed by atoms with Crippen LogP contribution in [-0.4, -0.2) is 4.90 Å². The minimum Gasteiger partial charge on any atom is -0.315 e. The average Bonchev–Trinajstić information content (AvgIpc) is 2.29. The average molecular weight is 165 g/mol. The molecule has 0 saturated carbocycles. The molecule has 11 heavy (non-hydrogen) atoms. The van der Waals surface area contributed by atoms with Gasteiger partial charge in [-0.15, -0.1) is 0 Å². The van der Waals surface area contributed by atoms with Gasteiger partial charge in [0.15, 0.2) is 0 Å². The first-order chi connectivity index (χ1) is 5.25. The molecule has 0 aromatic heterocycles. The first kappa shape index (κ1) is 8.21. The van der Waals surface area contributed by atoms with E-state index >= 15 is 0 Å². The standard InChI is InChI=1S/C9H11NS/c1-4-5-6-10-8(2)7-11-9(10)3/h4-7H,1,3H2,2H3/b6-5-. The summed E-state index contributed by atoms with van der Waals surface area (Å²) in [5.41, 5.74) is 1.21. The molecule has 1 nitrogen and oxygen atoms in total. The maximum absolute atomic E-state index is 3.89. The normalized spacial score (nSPS) is 17.7. The quantitative estimate of drug-likeness (QED) is 0.578. The lowest BCUT2D eigenvalue weighted by atomic mass is 10.4. The predicted molar refractivity (Wildman–Crippen MR) is 51.7 cm³/mol. The molecule has 0 aromatic carbocycles. The highest BCUT2D eigenvalue weighted by Crippen LogP contribution is 2.32. The van der Waals surface area contributed by atoms with Crippen molar-refractivity contribution >= 4 is 11.8 Å². The number of allylic oxidation sites excluding steroid dienone is 3. The van der Waals surface area contributed by atoms with E-state index in [0.717, 1.165) is 5.03 Å². The predicted octanol–water partition coefficient (Wildman–Crippen LogP) is 3.07. The van der Waals surface area contributed by atoms with Crippen LogP contribution in [0.5, 0.6) is 0 Å². The SMILES string of the molecule is C=C/C=C\N1C(=C)SC=C1C. The van der Waals surface area contributed by atoms with E-state index in [9.17, 15) is 0 Å². The van der Waals surface area contributed by atoms with Crippen molar-refractivity contribution in [2.45, 2.75) is 6.92 Å². The molecule has 1 heterocycles. The van der Waals surface area contributed by atoms with E-state index in [-0.39, 0.29) is 0 Å². The fraction of sp³-hybridized carbons (Fsp3) is 0.111. The van der Waals surface area contributed by atoms with Gasteiger partial charge in [0.1, 0.15) is 0 Å². The first-order valence-electron chi connectivity index (χ1n) is 3.36. The highest BCUT2D eigenvalue weighted by molar-refractivity contribution is 8.06. The van der Waals surface area contributed by atoms with Crippen LogP contribution in [0.1, 0.15) is 6.92 Å². The molecular formula is C9H11NS. The molecule has 0 unspecified atom stereocenters. The minimum atomic E-state index is 1.04. The van der Waals surface area contributed by atoms with E-state index in [0.29, 0.717) is 0 Å². The van der Waals surface area contributed by atoms with Gasteiger partial charge in [-0.05, 0) is 18.4 Å². The molecule has 0 amide bonds. The molecule has 0 N–H and O–H groups in total. The Labute approximate surface area is 71.8 Å². The lowest BCUT2D eigenvalue weighted by Crippen LogP contribution is -2.05.